The third-order valence-corrected chi connectivity index (χ3v) is 4.87. The van der Waals surface area contributed by atoms with Gasteiger partial charge < -0.3 is 4.74 Å². The maximum atomic E-state index is 13.8. The highest BCUT2D eigenvalue weighted by molar-refractivity contribution is 5.95. The van der Waals surface area contributed by atoms with Crippen LogP contribution in [0.4, 0.5) is 8.78 Å². The molecular weight excluding hydrogens is 398 g/mol. The standard InChI is InChI=1S/C25H20F2N2O2/c26-21-10-6-11-22(27)20(21)15-24(30)23-13-14-29(28-23)16-19-9-4-5-12-25(19)31-17-18-7-2-1-3-8-18/h1-14H,15-17H2. The lowest BCUT2D eigenvalue weighted by Crippen LogP contribution is -2.10. The molecule has 0 bridgehead atoms. The largest absolute Gasteiger partial charge is 0.489 e. The summed E-state index contributed by atoms with van der Waals surface area (Å²) >= 11 is 0. The first kappa shape index (κ1) is 20.5. The molecule has 0 aliphatic rings. The van der Waals surface area contributed by atoms with Crippen LogP contribution in [0.15, 0.2) is 85.1 Å². The quantitative estimate of drug-likeness (QED) is 0.369. The fourth-order valence-corrected chi connectivity index (χ4v) is 3.24. The number of halogens is 2. The van der Waals surface area contributed by atoms with Gasteiger partial charge in [0, 0.05) is 23.7 Å². The molecule has 3 aromatic carbocycles. The number of carbonyl (C=O) groups is 1. The Labute approximate surface area is 178 Å². The Hall–Kier alpha value is -3.80. The Kier molecular flexibility index (Phi) is 6.17. The van der Waals surface area contributed by atoms with Crippen LogP contribution in [0.3, 0.4) is 0 Å². The van der Waals surface area contributed by atoms with Gasteiger partial charge >= 0.3 is 0 Å². The second kappa shape index (κ2) is 9.34. The molecular formula is C25H20F2N2O2. The summed E-state index contributed by atoms with van der Waals surface area (Å²) in [5.41, 5.74) is 1.87. The van der Waals surface area contributed by atoms with E-state index in [-0.39, 0.29) is 17.7 Å². The summed E-state index contributed by atoms with van der Waals surface area (Å²) in [5, 5.41) is 4.29. The van der Waals surface area contributed by atoms with Crippen LogP contribution in [0.5, 0.6) is 5.75 Å². The third-order valence-electron chi connectivity index (χ3n) is 4.87. The number of hydrogen-bond acceptors (Lipinski definition) is 3. The first-order valence-electron chi connectivity index (χ1n) is 9.84. The van der Waals surface area contributed by atoms with E-state index < -0.39 is 17.4 Å². The van der Waals surface area contributed by atoms with E-state index in [4.69, 9.17) is 4.74 Å². The lowest BCUT2D eigenvalue weighted by molar-refractivity contribution is 0.0985. The molecule has 0 aliphatic carbocycles. The molecule has 0 radical (unpaired) electrons. The fourth-order valence-electron chi connectivity index (χ4n) is 3.24. The molecule has 1 heterocycles. The van der Waals surface area contributed by atoms with Gasteiger partial charge in [-0.2, -0.15) is 5.10 Å². The Balaban J connectivity index is 1.45. The molecule has 0 aliphatic heterocycles. The van der Waals surface area contributed by atoms with E-state index in [9.17, 15) is 13.6 Å². The van der Waals surface area contributed by atoms with Gasteiger partial charge in [0.2, 0.25) is 0 Å². The number of Topliss-reactive ketones (excluding diaryl/α,β-unsaturated/α-hetero) is 1. The van der Waals surface area contributed by atoms with Crippen molar-refractivity contribution in [2.75, 3.05) is 0 Å². The highest BCUT2D eigenvalue weighted by Crippen LogP contribution is 2.21. The summed E-state index contributed by atoms with van der Waals surface area (Å²) in [7, 11) is 0. The van der Waals surface area contributed by atoms with E-state index in [1.165, 1.54) is 6.07 Å². The number of benzene rings is 3. The Morgan fingerprint density at radius 1 is 0.871 bits per heavy atom. The highest BCUT2D eigenvalue weighted by atomic mass is 19.1. The summed E-state index contributed by atoms with van der Waals surface area (Å²) in [4.78, 5) is 12.5. The summed E-state index contributed by atoms with van der Waals surface area (Å²) < 4.78 is 35.2. The molecule has 0 fully saturated rings. The Bertz CT molecular complexity index is 1170. The molecule has 0 N–H and O–H groups in total. The second-order valence-electron chi connectivity index (χ2n) is 7.08. The van der Waals surface area contributed by atoms with Gasteiger partial charge in [0.05, 0.1) is 6.54 Å². The van der Waals surface area contributed by atoms with Crippen LogP contribution in [0.25, 0.3) is 0 Å². The van der Waals surface area contributed by atoms with Gasteiger partial charge in [0.1, 0.15) is 29.7 Å². The molecule has 4 rings (SSSR count). The summed E-state index contributed by atoms with van der Waals surface area (Å²) in [5.74, 6) is -1.20. The molecule has 0 atom stereocenters. The van der Waals surface area contributed by atoms with Crippen LogP contribution < -0.4 is 4.74 Å². The number of ether oxygens (including phenoxy) is 1. The van der Waals surface area contributed by atoms with Crippen LogP contribution in [0.1, 0.15) is 27.2 Å². The highest BCUT2D eigenvalue weighted by Gasteiger charge is 2.17. The molecule has 4 nitrogen and oxygen atoms in total. The molecule has 156 valence electrons. The van der Waals surface area contributed by atoms with Crippen LogP contribution in [-0.2, 0) is 19.6 Å². The van der Waals surface area contributed by atoms with E-state index in [1.54, 1.807) is 16.9 Å². The van der Waals surface area contributed by atoms with Gasteiger partial charge in [-0.05, 0) is 29.8 Å². The molecule has 1 aromatic heterocycles. The second-order valence-corrected chi connectivity index (χ2v) is 7.08. The summed E-state index contributed by atoms with van der Waals surface area (Å²) in [6, 6.07) is 22.6. The van der Waals surface area contributed by atoms with Crippen LogP contribution >= 0.6 is 0 Å². The van der Waals surface area contributed by atoms with Crippen molar-refractivity contribution in [1.29, 1.82) is 0 Å². The minimum atomic E-state index is -0.739. The van der Waals surface area contributed by atoms with Gasteiger partial charge in [-0.15, -0.1) is 0 Å². The van der Waals surface area contributed by atoms with Gasteiger partial charge in [-0.3, -0.25) is 9.48 Å². The fraction of sp³-hybridized carbons (Fsp3) is 0.120. The first-order valence-corrected chi connectivity index (χ1v) is 9.84. The zero-order valence-corrected chi connectivity index (χ0v) is 16.7. The van der Waals surface area contributed by atoms with Crippen LogP contribution in [-0.4, -0.2) is 15.6 Å². The van der Waals surface area contributed by atoms with Gasteiger partial charge in [0.25, 0.3) is 0 Å². The van der Waals surface area contributed by atoms with Gasteiger partial charge in [0.15, 0.2) is 5.78 Å². The molecule has 31 heavy (non-hydrogen) atoms. The van der Waals surface area contributed by atoms with E-state index >= 15 is 0 Å². The lowest BCUT2D eigenvalue weighted by atomic mass is 10.1. The maximum absolute atomic E-state index is 13.8. The first-order chi connectivity index (χ1) is 15.1. The van der Waals surface area contributed by atoms with Gasteiger partial charge in [-0.1, -0.05) is 54.6 Å². The van der Waals surface area contributed by atoms with E-state index in [1.807, 2.05) is 54.6 Å². The number of aromatic nitrogens is 2. The Morgan fingerprint density at radius 3 is 2.35 bits per heavy atom. The predicted molar refractivity (Wildman–Crippen MR) is 113 cm³/mol. The minimum absolute atomic E-state index is 0.158. The zero-order valence-electron chi connectivity index (χ0n) is 16.7. The SMILES string of the molecule is O=C(Cc1c(F)cccc1F)c1ccn(Cc2ccccc2OCc2ccccc2)n1. The molecule has 0 amide bonds. The van der Waals surface area contributed by atoms with Crippen molar-refractivity contribution < 1.29 is 18.3 Å². The molecule has 6 heteroatoms. The maximum Gasteiger partial charge on any atom is 0.187 e. The molecule has 0 saturated heterocycles. The average molecular weight is 418 g/mol. The molecule has 0 unspecified atom stereocenters. The summed E-state index contributed by atoms with van der Waals surface area (Å²) in [6.45, 7) is 0.835. The van der Waals surface area contributed by atoms with Crippen molar-refractivity contribution in [3.8, 4) is 5.75 Å². The number of rotatable bonds is 8. The van der Waals surface area contributed by atoms with Crippen molar-refractivity contribution in [3.05, 3.63) is 119 Å². The Morgan fingerprint density at radius 2 is 1.58 bits per heavy atom. The van der Waals surface area contributed by atoms with Crippen molar-refractivity contribution >= 4 is 5.78 Å². The number of nitrogens with zero attached hydrogens (tertiary/aromatic N) is 2. The zero-order chi connectivity index (χ0) is 21.6. The minimum Gasteiger partial charge on any atom is -0.489 e. The van der Waals surface area contributed by atoms with Crippen LogP contribution in [0.2, 0.25) is 0 Å². The monoisotopic (exact) mass is 418 g/mol. The van der Waals surface area contributed by atoms with E-state index in [0.717, 1.165) is 29.0 Å². The van der Waals surface area contributed by atoms with E-state index in [2.05, 4.69) is 5.10 Å². The van der Waals surface area contributed by atoms with Crippen molar-refractivity contribution in [2.45, 2.75) is 19.6 Å². The smallest absolute Gasteiger partial charge is 0.187 e. The number of carbonyl (C=O) groups excluding carboxylic acids is 1. The number of para-hydroxylation sites is 1. The molecule has 0 spiro atoms. The topological polar surface area (TPSA) is 44.1 Å². The van der Waals surface area contributed by atoms with Crippen molar-refractivity contribution in [3.63, 3.8) is 0 Å². The predicted octanol–water partition coefficient (Wildman–Crippen LogP) is 5.21. The van der Waals surface area contributed by atoms with E-state index in [0.29, 0.717) is 13.2 Å². The van der Waals surface area contributed by atoms with Crippen molar-refractivity contribution in [1.82, 2.24) is 9.78 Å². The van der Waals surface area contributed by atoms with Crippen LogP contribution in [0, 0.1) is 11.6 Å². The average Bonchev–Trinajstić information content (AvgIpc) is 3.25. The number of ketones is 1. The molecule has 0 saturated carbocycles. The normalized spacial score (nSPS) is 10.8. The number of hydrogen-bond donors (Lipinski definition) is 0. The van der Waals surface area contributed by atoms with Crippen molar-refractivity contribution in [2.24, 2.45) is 0 Å². The molecule has 4 aromatic rings. The third kappa shape index (κ3) is 5.04. The summed E-state index contributed by atoms with van der Waals surface area (Å²) in [6.07, 6.45) is 1.28. The lowest BCUT2D eigenvalue weighted by Gasteiger charge is -2.11. The van der Waals surface area contributed by atoms with Gasteiger partial charge in [-0.25, -0.2) is 8.78 Å².